The van der Waals surface area contributed by atoms with Crippen molar-refractivity contribution in [3.8, 4) is 0 Å². The number of nitrogens with zero attached hydrogens (tertiary/aromatic N) is 2. The van der Waals surface area contributed by atoms with Crippen molar-refractivity contribution in [3.63, 3.8) is 0 Å². The molecule has 0 spiro atoms. The normalized spacial score (nSPS) is 12.5. The first kappa shape index (κ1) is 9.09. The van der Waals surface area contributed by atoms with Gasteiger partial charge in [-0.15, -0.1) is 10.2 Å². The molecule has 12 heavy (non-hydrogen) atoms. The molecule has 1 heterocycles. The highest BCUT2D eigenvalue weighted by Crippen LogP contribution is 2.20. The average molecular weight is 175 g/mol. The predicted octanol–water partition coefficient (Wildman–Crippen LogP) is 2.04. The maximum atomic E-state index is 12.0. The Balaban J connectivity index is 2.92. The summed E-state index contributed by atoms with van der Waals surface area (Å²) in [7, 11) is 0. The number of rotatable bonds is 1. The van der Waals surface area contributed by atoms with Crippen LogP contribution in [0.2, 0.25) is 0 Å². The molecule has 1 aromatic heterocycles. The fourth-order valence-electron chi connectivity index (χ4n) is 0.711. The minimum Gasteiger partial charge on any atom is -0.324 e. The van der Waals surface area contributed by atoms with Crippen molar-refractivity contribution in [2.75, 3.05) is 0 Å². The Morgan fingerprint density at radius 2 is 1.83 bits per heavy atom. The molecule has 0 saturated carbocycles. The molecule has 0 amide bonds. The molecule has 0 bridgehead atoms. The highest BCUT2D eigenvalue weighted by Gasteiger charge is 2.21. The predicted molar refractivity (Wildman–Crippen MR) is 40.0 cm³/mol. The van der Waals surface area contributed by atoms with Crippen LogP contribution in [0.1, 0.15) is 38.8 Å². The van der Waals surface area contributed by atoms with E-state index in [0.29, 0.717) is 5.82 Å². The van der Waals surface area contributed by atoms with Crippen molar-refractivity contribution in [1.29, 1.82) is 0 Å². The third-order valence-corrected chi connectivity index (χ3v) is 1.42. The first-order valence-corrected chi connectivity index (χ1v) is 3.62. The number of H-pyrrole nitrogens is 1. The number of hydrogen-bond acceptors (Lipinski definition) is 2. The second-order valence-corrected chi connectivity index (χ2v) is 3.61. The Kier molecular flexibility index (Phi) is 2.12. The lowest BCUT2D eigenvalue weighted by Crippen LogP contribution is -2.13. The monoisotopic (exact) mass is 175 g/mol. The zero-order valence-corrected chi connectivity index (χ0v) is 7.23. The molecular formula is C7H11F2N3. The zero-order valence-electron chi connectivity index (χ0n) is 7.23. The lowest BCUT2D eigenvalue weighted by molar-refractivity contribution is 0.140. The summed E-state index contributed by atoms with van der Waals surface area (Å²) in [5.74, 6) is 0.123. The summed E-state index contributed by atoms with van der Waals surface area (Å²) in [5, 5.41) is 6.95. The number of alkyl halides is 2. The van der Waals surface area contributed by atoms with E-state index in [1.54, 1.807) is 0 Å². The molecule has 5 heteroatoms. The second-order valence-electron chi connectivity index (χ2n) is 3.61. The second kappa shape index (κ2) is 2.80. The van der Waals surface area contributed by atoms with Gasteiger partial charge in [0.1, 0.15) is 5.82 Å². The summed E-state index contributed by atoms with van der Waals surface area (Å²) in [5.41, 5.74) is -0.264. The van der Waals surface area contributed by atoms with Crippen LogP contribution < -0.4 is 0 Å². The lowest BCUT2D eigenvalue weighted by Gasteiger charge is -2.12. The van der Waals surface area contributed by atoms with E-state index >= 15 is 0 Å². The molecule has 0 aliphatic rings. The molecule has 0 unspecified atom stereocenters. The number of nitrogens with one attached hydrogen (secondary N) is 1. The lowest BCUT2D eigenvalue weighted by atomic mass is 9.96. The van der Waals surface area contributed by atoms with Gasteiger partial charge in [-0.3, -0.25) is 0 Å². The summed E-state index contributed by atoms with van der Waals surface area (Å²) < 4.78 is 24.1. The Morgan fingerprint density at radius 1 is 1.25 bits per heavy atom. The number of aromatic nitrogens is 3. The Labute approximate surface area is 69.2 Å². The maximum absolute atomic E-state index is 12.0. The Hall–Kier alpha value is -1.00. The molecule has 0 saturated heterocycles. The van der Waals surface area contributed by atoms with Crippen LogP contribution in [0.3, 0.4) is 0 Å². The van der Waals surface area contributed by atoms with Gasteiger partial charge in [-0.2, -0.15) is 0 Å². The fraction of sp³-hybridized carbons (Fsp3) is 0.714. The van der Waals surface area contributed by atoms with Gasteiger partial charge in [-0.05, 0) is 0 Å². The van der Waals surface area contributed by atoms with E-state index < -0.39 is 6.43 Å². The van der Waals surface area contributed by atoms with E-state index in [4.69, 9.17) is 0 Å². The molecule has 1 rings (SSSR count). The van der Waals surface area contributed by atoms with Gasteiger partial charge in [0.15, 0.2) is 5.82 Å². The standard InChI is InChI=1S/C7H11F2N3/c1-7(2,3)6-10-5(4(8)9)11-12-6/h4H,1-3H3,(H,10,11,12). The quantitative estimate of drug-likeness (QED) is 0.709. The SMILES string of the molecule is CC(C)(C)c1nnc(C(F)F)[nH]1. The van der Waals surface area contributed by atoms with Gasteiger partial charge in [0.25, 0.3) is 6.43 Å². The van der Waals surface area contributed by atoms with Gasteiger partial charge in [0, 0.05) is 5.41 Å². The molecule has 0 aromatic carbocycles. The zero-order chi connectivity index (χ0) is 9.35. The molecule has 0 atom stereocenters. The van der Waals surface area contributed by atoms with E-state index in [1.165, 1.54) is 0 Å². The Morgan fingerprint density at radius 3 is 2.08 bits per heavy atom. The summed E-state index contributed by atoms with van der Waals surface area (Å²) in [6.45, 7) is 5.63. The summed E-state index contributed by atoms with van der Waals surface area (Å²) >= 11 is 0. The maximum Gasteiger partial charge on any atom is 0.297 e. The van der Waals surface area contributed by atoms with Crippen LogP contribution in [0.25, 0.3) is 0 Å². The van der Waals surface area contributed by atoms with Gasteiger partial charge in [-0.25, -0.2) is 8.78 Å². The van der Waals surface area contributed by atoms with Crippen molar-refractivity contribution in [2.24, 2.45) is 0 Å². The third kappa shape index (κ3) is 1.78. The van der Waals surface area contributed by atoms with E-state index in [2.05, 4.69) is 15.2 Å². The summed E-state index contributed by atoms with van der Waals surface area (Å²) in [6, 6.07) is 0. The van der Waals surface area contributed by atoms with Crippen LogP contribution >= 0.6 is 0 Å². The molecule has 0 aliphatic heterocycles. The Bertz CT molecular complexity index is 262. The van der Waals surface area contributed by atoms with Crippen molar-refractivity contribution in [1.82, 2.24) is 15.2 Å². The van der Waals surface area contributed by atoms with Crippen LogP contribution in [0.5, 0.6) is 0 Å². The molecule has 1 aromatic rings. The highest BCUT2D eigenvalue weighted by atomic mass is 19.3. The number of aromatic amines is 1. The number of halogens is 2. The topological polar surface area (TPSA) is 41.6 Å². The van der Waals surface area contributed by atoms with Crippen LogP contribution in [-0.4, -0.2) is 15.2 Å². The summed E-state index contributed by atoms with van der Waals surface area (Å²) in [6.07, 6.45) is -2.58. The van der Waals surface area contributed by atoms with Crippen molar-refractivity contribution in [3.05, 3.63) is 11.6 Å². The minimum atomic E-state index is -2.58. The molecule has 0 radical (unpaired) electrons. The summed E-state index contributed by atoms with van der Waals surface area (Å²) in [4.78, 5) is 2.48. The smallest absolute Gasteiger partial charge is 0.297 e. The fourth-order valence-corrected chi connectivity index (χ4v) is 0.711. The highest BCUT2D eigenvalue weighted by molar-refractivity contribution is 5.02. The third-order valence-electron chi connectivity index (χ3n) is 1.42. The molecule has 0 aliphatic carbocycles. The first-order valence-electron chi connectivity index (χ1n) is 3.62. The van der Waals surface area contributed by atoms with Crippen LogP contribution in [0.4, 0.5) is 8.78 Å². The molecular weight excluding hydrogens is 164 g/mol. The molecule has 3 nitrogen and oxygen atoms in total. The average Bonchev–Trinajstić information content (AvgIpc) is 2.30. The van der Waals surface area contributed by atoms with Gasteiger partial charge in [-0.1, -0.05) is 20.8 Å². The first-order chi connectivity index (χ1) is 5.41. The van der Waals surface area contributed by atoms with E-state index in [1.807, 2.05) is 20.8 Å². The van der Waals surface area contributed by atoms with Gasteiger partial charge in [0.05, 0.1) is 0 Å². The van der Waals surface area contributed by atoms with Crippen molar-refractivity contribution < 1.29 is 8.78 Å². The van der Waals surface area contributed by atoms with Crippen LogP contribution in [0.15, 0.2) is 0 Å². The minimum absolute atomic E-state index is 0.264. The van der Waals surface area contributed by atoms with Crippen LogP contribution in [0, 0.1) is 0 Å². The van der Waals surface area contributed by atoms with Crippen molar-refractivity contribution in [2.45, 2.75) is 32.6 Å². The van der Waals surface area contributed by atoms with Crippen molar-refractivity contribution >= 4 is 0 Å². The van der Waals surface area contributed by atoms with Crippen LogP contribution in [-0.2, 0) is 5.41 Å². The van der Waals surface area contributed by atoms with Gasteiger partial charge < -0.3 is 4.98 Å². The molecule has 0 fully saturated rings. The molecule has 68 valence electrons. The number of hydrogen-bond donors (Lipinski definition) is 1. The van der Waals surface area contributed by atoms with E-state index in [-0.39, 0.29) is 11.2 Å². The largest absolute Gasteiger partial charge is 0.324 e. The van der Waals surface area contributed by atoms with E-state index in [0.717, 1.165) is 0 Å². The molecule has 1 N–H and O–H groups in total. The van der Waals surface area contributed by atoms with Gasteiger partial charge >= 0.3 is 0 Å². The van der Waals surface area contributed by atoms with Gasteiger partial charge in [0.2, 0.25) is 0 Å². The van der Waals surface area contributed by atoms with E-state index in [9.17, 15) is 8.78 Å².